The van der Waals surface area contributed by atoms with Crippen LogP contribution < -0.4 is 10.6 Å². The molecule has 0 saturated carbocycles. The normalized spacial score (nSPS) is 11.1. The molecule has 0 saturated heterocycles. The van der Waals surface area contributed by atoms with Crippen LogP contribution in [-0.2, 0) is 6.18 Å². The summed E-state index contributed by atoms with van der Waals surface area (Å²) in [4.78, 5) is 24.4. The van der Waals surface area contributed by atoms with Gasteiger partial charge in [-0.15, -0.1) is 0 Å². The van der Waals surface area contributed by atoms with E-state index in [2.05, 4.69) is 10.6 Å². The standard InChI is InChI=1S/C19H18ClF3N2O2/c1-2-3-9-24-17(26)12-5-4-6-13(10-12)18(27)25-14-7-8-16(20)15(11-14)19(21,22)23/h4-8,10-11H,2-3,9H2,1H3,(H,24,26)(H,25,27). The highest BCUT2D eigenvalue weighted by molar-refractivity contribution is 6.31. The smallest absolute Gasteiger partial charge is 0.352 e. The monoisotopic (exact) mass is 398 g/mol. The number of benzene rings is 2. The van der Waals surface area contributed by atoms with Gasteiger partial charge in [0.05, 0.1) is 10.6 Å². The molecule has 2 rings (SSSR count). The van der Waals surface area contributed by atoms with Gasteiger partial charge in [0.15, 0.2) is 0 Å². The van der Waals surface area contributed by atoms with Crippen molar-refractivity contribution >= 4 is 29.1 Å². The highest BCUT2D eigenvalue weighted by atomic mass is 35.5. The second-order valence-electron chi connectivity index (χ2n) is 5.84. The molecule has 4 nitrogen and oxygen atoms in total. The van der Waals surface area contributed by atoms with E-state index in [-0.39, 0.29) is 17.2 Å². The van der Waals surface area contributed by atoms with Crippen LogP contribution in [0.4, 0.5) is 18.9 Å². The van der Waals surface area contributed by atoms with E-state index in [1.165, 1.54) is 24.3 Å². The maximum atomic E-state index is 12.9. The van der Waals surface area contributed by atoms with Gasteiger partial charge in [-0.05, 0) is 42.8 Å². The van der Waals surface area contributed by atoms with Crippen molar-refractivity contribution in [3.8, 4) is 0 Å². The summed E-state index contributed by atoms with van der Waals surface area (Å²) >= 11 is 5.56. The number of rotatable bonds is 6. The number of alkyl halides is 3. The van der Waals surface area contributed by atoms with Crippen LogP contribution in [0.25, 0.3) is 0 Å². The molecule has 8 heteroatoms. The zero-order chi connectivity index (χ0) is 20.0. The Morgan fingerprint density at radius 1 is 1.04 bits per heavy atom. The van der Waals surface area contributed by atoms with Gasteiger partial charge in [-0.2, -0.15) is 13.2 Å². The fraction of sp³-hybridized carbons (Fsp3) is 0.263. The third-order valence-corrected chi connectivity index (χ3v) is 4.06. The number of nitrogens with one attached hydrogen (secondary N) is 2. The Morgan fingerprint density at radius 3 is 2.33 bits per heavy atom. The summed E-state index contributed by atoms with van der Waals surface area (Å²) in [6, 6.07) is 9.06. The van der Waals surface area contributed by atoms with E-state index in [9.17, 15) is 22.8 Å². The largest absolute Gasteiger partial charge is 0.417 e. The topological polar surface area (TPSA) is 58.2 Å². The Labute approximate surface area is 159 Å². The van der Waals surface area contributed by atoms with Crippen molar-refractivity contribution in [2.24, 2.45) is 0 Å². The lowest BCUT2D eigenvalue weighted by molar-refractivity contribution is -0.137. The van der Waals surface area contributed by atoms with Crippen LogP contribution in [-0.4, -0.2) is 18.4 Å². The second kappa shape index (κ2) is 8.90. The van der Waals surface area contributed by atoms with Crippen LogP contribution >= 0.6 is 11.6 Å². The second-order valence-corrected chi connectivity index (χ2v) is 6.24. The van der Waals surface area contributed by atoms with E-state index in [0.29, 0.717) is 12.1 Å². The minimum atomic E-state index is -4.63. The molecule has 2 amide bonds. The summed E-state index contributed by atoms with van der Waals surface area (Å²) in [6.45, 7) is 2.52. The van der Waals surface area contributed by atoms with Crippen molar-refractivity contribution in [1.82, 2.24) is 5.32 Å². The molecule has 0 spiro atoms. The number of halogens is 4. The maximum Gasteiger partial charge on any atom is 0.417 e. The maximum absolute atomic E-state index is 12.9. The molecule has 27 heavy (non-hydrogen) atoms. The Morgan fingerprint density at radius 2 is 1.70 bits per heavy atom. The summed E-state index contributed by atoms with van der Waals surface area (Å²) in [5.41, 5.74) is -0.631. The molecule has 0 aliphatic carbocycles. The molecule has 0 heterocycles. The first-order valence-corrected chi connectivity index (χ1v) is 8.66. The molecule has 2 aromatic carbocycles. The molecule has 0 radical (unpaired) electrons. The minimum absolute atomic E-state index is 0.0467. The van der Waals surface area contributed by atoms with Crippen molar-refractivity contribution < 1.29 is 22.8 Å². The van der Waals surface area contributed by atoms with Gasteiger partial charge in [-0.3, -0.25) is 9.59 Å². The molecule has 0 bridgehead atoms. The van der Waals surface area contributed by atoms with E-state index in [4.69, 9.17) is 11.6 Å². The number of hydrogen-bond acceptors (Lipinski definition) is 2. The Bertz CT molecular complexity index is 838. The summed E-state index contributed by atoms with van der Waals surface area (Å²) in [6.07, 6.45) is -2.86. The molecule has 2 aromatic rings. The minimum Gasteiger partial charge on any atom is -0.352 e. The lowest BCUT2D eigenvalue weighted by atomic mass is 10.1. The number of hydrogen-bond donors (Lipinski definition) is 2. The molecule has 2 N–H and O–H groups in total. The van der Waals surface area contributed by atoms with E-state index in [1.807, 2.05) is 6.92 Å². The van der Waals surface area contributed by atoms with Gasteiger partial charge in [0, 0.05) is 23.4 Å². The van der Waals surface area contributed by atoms with Gasteiger partial charge in [-0.25, -0.2) is 0 Å². The third-order valence-electron chi connectivity index (χ3n) is 3.73. The van der Waals surface area contributed by atoms with Crippen LogP contribution in [0.1, 0.15) is 46.0 Å². The Hall–Kier alpha value is -2.54. The number of anilines is 1. The average molecular weight is 399 g/mol. The third kappa shape index (κ3) is 5.72. The quantitative estimate of drug-likeness (QED) is 0.662. The highest BCUT2D eigenvalue weighted by Crippen LogP contribution is 2.36. The zero-order valence-electron chi connectivity index (χ0n) is 14.5. The summed E-state index contributed by atoms with van der Waals surface area (Å²) in [5, 5.41) is 4.67. The molecule has 144 valence electrons. The van der Waals surface area contributed by atoms with Gasteiger partial charge in [0.1, 0.15) is 0 Å². The van der Waals surface area contributed by atoms with Crippen molar-refractivity contribution in [2.45, 2.75) is 25.9 Å². The molecular formula is C19H18ClF3N2O2. The van der Waals surface area contributed by atoms with Crippen molar-refractivity contribution in [3.63, 3.8) is 0 Å². The van der Waals surface area contributed by atoms with Gasteiger partial charge in [-0.1, -0.05) is 31.0 Å². The lowest BCUT2D eigenvalue weighted by Crippen LogP contribution is -2.24. The molecule has 0 aliphatic heterocycles. The fourth-order valence-electron chi connectivity index (χ4n) is 2.31. The van der Waals surface area contributed by atoms with Crippen LogP contribution in [0.5, 0.6) is 0 Å². The average Bonchev–Trinajstić information content (AvgIpc) is 2.62. The first-order valence-electron chi connectivity index (χ1n) is 8.28. The molecule has 0 aromatic heterocycles. The zero-order valence-corrected chi connectivity index (χ0v) is 15.2. The summed E-state index contributed by atoms with van der Waals surface area (Å²) in [7, 11) is 0. The molecule has 0 fully saturated rings. The van der Waals surface area contributed by atoms with E-state index < -0.39 is 22.7 Å². The van der Waals surface area contributed by atoms with Crippen molar-refractivity contribution in [2.75, 3.05) is 11.9 Å². The predicted molar refractivity (Wildman–Crippen MR) is 98.1 cm³/mol. The van der Waals surface area contributed by atoms with Crippen LogP contribution in [0, 0.1) is 0 Å². The predicted octanol–water partition coefficient (Wildman–Crippen LogP) is 5.14. The summed E-state index contributed by atoms with van der Waals surface area (Å²) in [5.74, 6) is -0.947. The van der Waals surface area contributed by atoms with Crippen molar-refractivity contribution in [1.29, 1.82) is 0 Å². The number of carbonyl (C=O) groups excluding carboxylic acids is 2. The number of carbonyl (C=O) groups is 2. The summed E-state index contributed by atoms with van der Waals surface area (Å²) < 4.78 is 38.8. The molecule has 0 unspecified atom stereocenters. The lowest BCUT2D eigenvalue weighted by Gasteiger charge is -2.12. The Balaban J connectivity index is 2.15. The van der Waals surface area contributed by atoms with Gasteiger partial charge < -0.3 is 10.6 Å². The fourth-order valence-corrected chi connectivity index (χ4v) is 2.53. The molecular weight excluding hydrogens is 381 g/mol. The van der Waals surface area contributed by atoms with E-state index in [0.717, 1.165) is 25.0 Å². The first-order chi connectivity index (χ1) is 12.7. The van der Waals surface area contributed by atoms with Crippen LogP contribution in [0.3, 0.4) is 0 Å². The number of amides is 2. The van der Waals surface area contributed by atoms with Gasteiger partial charge in [0.25, 0.3) is 11.8 Å². The molecule has 0 aliphatic rings. The number of unbranched alkanes of at least 4 members (excludes halogenated alkanes) is 1. The van der Waals surface area contributed by atoms with Gasteiger partial charge in [0.2, 0.25) is 0 Å². The van der Waals surface area contributed by atoms with E-state index in [1.54, 1.807) is 6.07 Å². The first kappa shape index (κ1) is 20.8. The van der Waals surface area contributed by atoms with Crippen molar-refractivity contribution in [3.05, 3.63) is 64.2 Å². The Kier molecular flexibility index (Phi) is 6.85. The highest BCUT2D eigenvalue weighted by Gasteiger charge is 2.33. The van der Waals surface area contributed by atoms with E-state index >= 15 is 0 Å². The SMILES string of the molecule is CCCCNC(=O)c1cccc(C(=O)Nc2ccc(Cl)c(C(F)(F)F)c2)c1. The van der Waals surface area contributed by atoms with Gasteiger partial charge >= 0.3 is 6.18 Å². The molecule has 0 atom stereocenters. The van der Waals surface area contributed by atoms with Crippen LogP contribution in [0.15, 0.2) is 42.5 Å². The van der Waals surface area contributed by atoms with Crippen LogP contribution in [0.2, 0.25) is 5.02 Å².